The van der Waals surface area contributed by atoms with Crippen molar-refractivity contribution >= 4 is 0 Å². The highest BCUT2D eigenvalue weighted by Crippen LogP contribution is 2.39. The zero-order valence-electron chi connectivity index (χ0n) is 13.5. The van der Waals surface area contributed by atoms with Crippen LogP contribution in [0.1, 0.15) is 64.0 Å². The first-order valence-electron chi connectivity index (χ1n) is 8.70. The maximum absolute atomic E-state index is 4.31. The van der Waals surface area contributed by atoms with E-state index in [0.29, 0.717) is 6.04 Å². The minimum absolute atomic E-state index is 0.501. The summed E-state index contributed by atoms with van der Waals surface area (Å²) < 4.78 is 0. The molecule has 3 rings (SSSR count). The van der Waals surface area contributed by atoms with Gasteiger partial charge in [0, 0.05) is 36.6 Å². The molecule has 2 saturated heterocycles. The largest absolute Gasteiger partial charge is 0.314 e. The third-order valence-corrected chi connectivity index (χ3v) is 5.33. The number of piperidine rings is 2. The molecule has 0 radical (unpaired) electrons. The monoisotopic (exact) mass is 287 g/mol. The lowest BCUT2D eigenvalue weighted by molar-refractivity contribution is -0.00631. The van der Waals surface area contributed by atoms with E-state index in [-0.39, 0.29) is 0 Å². The summed E-state index contributed by atoms with van der Waals surface area (Å²) in [6.07, 6.45) is 11.9. The summed E-state index contributed by atoms with van der Waals surface area (Å²) >= 11 is 0. The lowest BCUT2D eigenvalue weighted by Crippen LogP contribution is -2.56. The van der Waals surface area contributed by atoms with E-state index in [2.05, 4.69) is 41.2 Å². The van der Waals surface area contributed by atoms with Gasteiger partial charge in [0.2, 0.25) is 0 Å². The molecular formula is C18H29N3. The predicted molar refractivity (Wildman–Crippen MR) is 87.2 cm³/mol. The number of pyridine rings is 1. The zero-order chi connectivity index (χ0) is 14.7. The average molecular weight is 287 g/mol. The van der Waals surface area contributed by atoms with Crippen LogP contribution in [0.25, 0.3) is 0 Å². The minimum Gasteiger partial charge on any atom is -0.314 e. The Bertz CT molecular complexity index is 419. The van der Waals surface area contributed by atoms with Crippen LogP contribution >= 0.6 is 0 Å². The topological polar surface area (TPSA) is 28.2 Å². The average Bonchev–Trinajstić information content (AvgIpc) is 2.52. The molecule has 0 spiro atoms. The molecule has 0 amide bonds. The van der Waals surface area contributed by atoms with Crippen molar-refractivity contribution in [3.63, 3.8) is 0 Å². The van der Waals surface area contributed by atoms with Gasteiger partial charge in [0.1, 0.15) is 0 Å². The van der Waals surface area contributed by atoms with E-state index in [1.165, 1.54) is 50.6 Å². The van der Waals surface area contributed by atoms with E-state index >= 15 is 0 Å². The molecule has 3 unspecified atom stereocenters. The first kappa shape index (κ1) is 15.0. The van der Waals surface area contributed by atoms with Crippen LogP contribution < -0.4 is 5.32 Å². The second kappa shape index (κ2) is 6.89. The van der Waals surface area contributed by atoms with Gasteiger partial charge in [0.05, 0.1) is 0 Å². The molecule has 0 saturated carbocycles. The van der Waals surface area contributed by atoms with Crippen molar-refractivity contribution in [1.82, 2.24) is 15.2 Å². The van der Waals surface area contributed by atoms with Gasteiger partial charge in [0.25, 0.3) is 0 Å². The van der Waals surface area contributed by atoms with E-state index in [9.17, 15) is 0 Å². The van der Waals surface area contributed by atoms with Crippen molar-refractivity contribution in [3.8, 4) is 0 Å². The Hall–Kier alpha value is -0.930. The highest BCUT2D eigenvalue weighted by Gasteiger charge is 2.40. The Balaban J connectivity index is 1.71. The fourth-order valence-electron chi connectivity index (χ4n) is 4.36. The third kappa shape index (κ3) is 3.29. The molecule has 0 aliphatic carbocycles. The number of fused-ring (bicyclic) bond motifs is 2. The minimum atomic E-state index is 0.501. The second-order valence-corrected chi connectivity index (χ2v) is 6.77. The van der Waals surface area contributed by atoms with Crippen LogP contribution in [0.2, 0.25) is 0 Å². The number of aromatic nitrogens is 1. The molecule has 0 aromatic carbocycles. The van der Waals surface area contributed by atoms with Crippen LogP contribution in [0.4, 0.5) is 0 Å². The molecule has 1 N–H and O–H groups in total. The fraction of sp³-hybridized carbons (Fsp3) is 0.722. The van der Waals surface area contributed by atoms with Crippen molar-refractivity contribution in [3.05, 3.63) is 30.1 Å². The first-order chi connectivity index (χ1) is 10.3. The lowest BCUT2D eigenvalue weighted by Gasteiger charge is -2.51. The summed E-state index contributed by atoms with van der Waals surface area (Å²) in [5, 5.41) is 3.76. The Morgan fingerprint density at radius 3 is 2.71 bits per heavy atom. The number of rotatable bonds is 5. The standard InChI is InChI=1S/C18H29N3/c1-3-9-20-16-11-17-7-4-8-18(12-16)21(17)14(2)15-6-5-10-19-13-15/h5-6,10,13-14,16-18,20H,3-4,7-9,11-12H2,1-2H3. The van der Waals surface area contributed by atoms with E-state index in [0.717, 1.165) is 18.1 Å². The predicted octanol–water partition coefficient (Wildman–Crippen LogP) is 3.53. The number of nitrogens with one attached hydrogen (secondary N) is 1. The highest BCUT2D eigenvalue weighted by atomic mass is 15.2. The molecule has 3 atom stereocenters. The summed E-state index contributed by atoms with van der Waals surface area (Å²) in [5.74, 6) is 0. The fourth-order valence-corrected chi connectivity index (χ4v) is 4.36. The smallest absolute Gasteiger partial charge is 0.0341 e. The van der Waals surface area contributed by atoms with Crippen molar-refractivity contribution in [2.45, 2.75) is 76.5 Å². The quantitative estimate of drug-likeness (QED) is 0.898. The van der Waals surface area contributed by atoms with Crippen LogP contribution in [-0.2, 0) is 0 Å². The van der Waals surface area contributed by atoms with Crippen molar-refractivity contribution in [2.75, 3.05) is 6.54 Å². The Kier molecular flexibility index (Phi) is 4.91. The van der Waals surface area contributed by atoms with Crippen LogP contribution in [-0.4, -0.2) is 34.6 Å². The van der Waals surface area contributed by atoms with E-state index in [4.69, 9.17) is 0 Å². The number of hydrogen-bond acceptors (Lipinski definition) is 3. The summed E-state index contributed by atoms with van der Waals surface area (Å²) in [4.78, 5) is 7.11. The Morgan fingerprint density at radius 1 is 1.33 bits per heavy atom. The molecule has 1 aromatic heterocycles. The van der Waals surface area contributed by atoms with Gasteiger partial charge in [-0.05, 0) is 57.2 Å². The maximum atomic E-state index is 4.31. The molecule has 2 aliphatic rings. The SMILES string of the molecule is CCCNC1CC2CCCC(C1)N2C(C)c1cccnc1. The van der Waals surface area contributed by atoms with Crippen LogP contribution in [0.15, 0.2) is 24.5 Å². The van der Waals surface area contributed by atoms with Crippen molar-refractivity contribution in [2.24, 2.45) is 0 Å². The van der Waals surface area contributed by atoms with Gasteiger partial charge in [-0.2, -0.15) is 0 Å². The third-order valence-electron chi connectivity index (χ3n) is 5.33. The second-order valence-electron chi connectivity index (χ2n) is 6.77. The maximum Gasteiger partial charge on any atom is 0.0341 e. The molecule has 1 aromatic rings. The van der Waals surface area contributed by atoms with Gasteiger partial charge in [-0.3, -0.25) is 9.88 Å². The van der Waals surface area contributed by atoms with E-state index < -0.39 is 0 Å². The van der Waals surface area contributed by atoms with E-state index in [1.807, 2.05) is 12.4 Å². The molecule has 3 heterocycles. The molecule has 21 heavy (non-hydrogen) atoms. The van der Waals surface area contributed by atoms with Crippen LogP contribution in [0.3, 0.4) is 0 Å². The highest BCUT2D eigenvalue weighted by molar-refractivity contribution is 5.15. The van der Waals surface area contributed by atoms with Gasteiger partial charge in [-0.1, -0.05) is 19.4 Å². The van der Waals surface area contributed by atoms with Gasteiger partial charge < -0.3 is 5.32 Å². The summed E-state index contributed by atoms with van der Waals surface area (Å²) in [6, 6.07) is 7.04. The normalized spacial score (nSPS) is 31.0. The Labute approximate surface area is 129 Å². The number of hydrogen-bond donors (Lipinski definition) is 1. The van der Waals surface area contributed by atoms with Crippen LogP contribution in [0.5, 0.6) is 0 Å². The zero-order valence-corrected chi connectivity index (χ0v) is 13.5. The number of nitrogens with zero attached hydrogens (tertiary/aromatic N) is 2. The molecule has 3 nitrogen and oxygen atoms in total. The molecule has 2 bridgehead atoms. The van der Waals surface area contributed by atoms with Gasteiger partial charge >= 0.3 is 0 Å². The van der Waals surface area contributed by atoms with Crippen molar-refractivity contribution in [1.29, 1.82) is 0 Å². The van der Waals surface area contributed by atoms with E-state index in [1.54, 1.807) is 0 Å². The van der Waals surface area contributed by atoms with Gasteiger partial charge in [-0.15, -0.1) is 0 Å². The molecule has 2 aliphatic heterocycles. The molecular weight excluding hydrogens is 258 g/mol. The Morgan fingerprint density at radius 2 is 2.10 bits per heavy atom. The molecule has 116 valence electrons. The summed E-state index contributed by atoms with van der Waals surface area (Å²) in [7, 11) is 0. The van der Waals surface area contributed by atoms with Crippen LogP contribution in [0, 0.1) is 0 Å². The van der Waals surface area contributed by atoms with Crippen molar-refractivity contribution < 1.29 is 0 Å². The summed E-state index contributed by atoms with van der Waals surface area (Å²) in [5.41, 5.74) is 1.37. The molecule has 2 fully saturated rings. The van der Waals surface area contributed by atoms with Gasteiger partial charge in [-0.25, -0.2) is 0 Å². The van der Waals surface area contributed by atoms with Gasteiger partial charge in [0.15, 0.2) is 0 Å². The first-order valence-corrected chi connectivity index (χ1v) is 8.70. The summed E-state index contributed by atoms with van der Waals surface area (Å²) in [6.45, 7) is 5.79. The lowest BCUT2D eigenvalue weighted by atomic mass is 9.80. The molecule has 3 heteroatoms.